The Bertz CT molecular complexity index is 421. The molecule has 0 radical (unpaired) electrons. The van der Waals surface area contributed by atoms with Crippen LogP contribution in [0.25, 0.3) is 0 Å². The SMILES string of the molecule is CCN(CCCN=C(N)NC(C)CCCC(C)C)S(C)(=O)=O. The van der Waals surface area contributed by atoms with Gasteiger partial charge < -0.3 is 11.1 Å². The molecule has 0 fully saturated rings. The van der Waals surface area contributed by atoms with Gasteiger partial charge in [0.15, 0.2) is 5.96 Å². The Hall–Kier alpha value is -0.820. The van der Waals surface area contributed by atoms with Crippen LogP contribution in [-0.4, -0.2) is 50.6 Å². The van der Waals surface area contributed by atoms with E-state index >= 15 is 0 Å². The fraction of sp³-hybridized carbons (Fsp3) is 0.933. The number of guanidine groups is 1. The molecule has 0 saturated heterocycles. The van der Waals surface area contributed by atoms with E-state index in [1.165, 1.54) is 23.4 Å². The zero-order chi connectivity index (χ0) is 17.2. The summed E-state index contributed by atoms with van der Waals surface area (Å²) < 4.78 is 24.3. The van der Waals surface area contributed by atoms with Gasteiger partial charge >= 0.3 is 0 Å². The quantitative estimate of drug-likeness (QED) is 0.342. The second kappa shape index (κ2) is 10.8. The summed E-state index contributed by atoms with van der Waals surface area (Å²) >= 11 is 0. The lowest BCUT2D eigenvalue weighted by Gasteiger charge is -2.17. The fourth-order valence-electron chi connectivity index (χ4n) is 2.21. The maximum absolute atomic E-state index is 11.4. The molecule has 0 aromatic rings. The summed E-state index contributed by atoms with van der Waals surface area (Å²) in [7, 11) is -3.11. The molecule has 1 atom stereocenters. The molecule has 0 aromatic carbocycles. The molecule has 0 aliphatic heterocycles. The topological polar surface area (TPSA) is 87.8 Å². The highest BCUT2D eigenvalue weighted by Crippen LogP contribution is 2.08. The highest BCUT2D eigenvalue weighted by atomic mass is 32.2. The van der Waals surface area contributed by atoms with Crippen LogP contribution in [0.15, 0.2) is 4.99 Å². The van der Waals surface area contributed by atoms with Crippen molar-refractivity contribution in [1.82, 2.24) is 9.62 Å². The fourth-order valence-corrected chi connectivity index (χ4v) is 3.14. The molecule has 132 valence electrons. The molecule has 0 aromatic heterocycles. The van der Waals surface area contributed by atoms with Crippen molar-refractivity contribution in [2.24, 2.45) is 16.6 Å². The van der Waals surface area contributed by atoms with E-state index in [9.17, 15) is 8.42 Å². The molecule has 0 saturated carbocycles. The minimum atomic E-state index is -3.11. The van der Waals surface area contributed by atoms with Crippen molar-refractivity contribution in [2.45, 2.75) is 59.4 Å². The predicted octanol–water partition coefficient (Wildman–Crippen LogP) is 1.78. The van der Waals surface area contributed by atoms with E-state index in [-0.39, 0.29) is 0 Å². The molecule has 0 aliphatic rings. The van der Waals surface area contributed by atoms with E-state index < -0.39 is 10.0 Å². The zero-order valence-corrected chi connectivity index (χ0v) is 15.6. The first kappa shape index (κ1) is 21.2. The van der Waals surface area contributed by atoms with Crippen LogP contribution in [0.3, 0.4) is 0 Å². The molecule has 3 N–H and O–H groups in total. The van der Waals surface area contributed by atoms with Gasteiger partial charge in [0, 0.05) is 25.7 Å². The van der Waals surface area contributed by atoms with Crippen LogP contribution >= 0.6 is 0 Å². The molecule has 7 heteroatoms. The van der Waals surface area contributed by atoms with Gasteiger partial charge in [-0.2, -0.15) is 0 Å². The Morgan fingerprint density at radius 1 is 1.23 bits per heavy atom. The Morgan fingerprint density at radius 3 is 2.36 bits per heavy atom. The average molecular weight is 335 g/mol. The number of hydrogen-bond donors (Lipinski definition) is 2. The molecule has 0 spiro atoms. The van der Waals surface area contributed by atoms with E-state index in [1.54, 1.807) is 0 Å². The first-order valence-electron chi connectivity index (χ1n) is 8.18. The molecule has 0 amide bonds. The molecule has 22 heavy (non-hydrogen) atoms. The summed E-state index contributed by atoms with van der Waals surface area (Å²) in [6.45, 7) is 9.89. The van der Waals surface area contributed by atoms with E-state index in [1.807, 2.05) is 6.92 Å². The molecule has 0 bridgehead atoms. The van der Waals surface area contributed by atoms with Gasteiger partial charge in [-0.25, -0.2) is 12.7 Å². The highest BCUT2D eigenvalue weighted by Gasteiger charge is 2.13. The molecule has 6 nitrogen and oxygen atoms in total. The zero-order valence-electron chi connectivity index (χ0n) is 14.8. The third-order valence-electron chi connectivity index (χ3n) is 3.48. The number of aliphatic imine (C=N–C) groups is 1. The number of hydrogen-bond acceptors (Lipinski definition) is 3. The number of rotatable bonds is 11. The maximum Gasteiger partial charge on any atom is 0.211 e. The Morgan fingerprint density at radius 2 is 1.86 bits per heavy atom. The maximum atomic E-state index is 11.4. The van der Waals surface area contributed by atoms with Crippen LogP contribution in [0.2, 0.25) is 0 Å². The van der Waals surface area contributed by atoms with Crippen molar-refractivity contribution < 1.29 is 8.42 Å². The molecule has 1 unspecified atom stereocenters. The van der Waals surface area contributed by atoms with Crippen molar-refractivity contribution in [1.29, 1.82) is 0 Å². The number of nitrogens with one attached hydrogen (secondary N) is 1. The van der Waals surface area contributed by atoms with Gasteiger partial charge in [-0.15, -0.1) is 0 Å². The van der Waals surface area contributed by atoms with Crippen LogP contribution in [0.1, 0.15) is 53.4 Å². The summed E-state index contributed by atoms with van der Waals surface area (Å²) in [5.41, 5.74) is 5.85. The van der Waals surface area contributed by atoms with Gasteiger partial charge in [0.05, 0.1) is 6.26 Å². The van der Waals surface area contributed by atoms with E-state index in [0.717, 1.165) is 12.3 Å². The second-order valence-corrected chi connectivity index (χ2v) is 8.23. The van der Waals surface area contributed by atoms with Crippen molar-refractivity contribution >= 4 is 16.0 Å². The lowest BCUT2D eigenvalue weighted by atomic mass is 10.0. The summed E-state index contributed by atoms with van der Waals surface area (Å²) in [4.78, 5) is 4.26. The molecule has 0 rings (SSSR count). The molecular weight excluding hydrogens is 300 g/mol. The second-order valence-electron chi connectivity index (χ2n) is 6.25. The smallest absolute Gasteiger partial charge is 0.211 e. The van der Waals surface area contributed by atoms with Crippen LogP contribution < -0.4 is 11.1 Å². The van der Waals surface area contributed by atoms with Gasteiger partial charge in [0.2, 0.25) is 10.0 Å². The molecule has 0 heterocycles. The largest absolute Gasteiger partial charge is 0.370 e. The summed E-state index contributed by atoms with van der Waals surface area (Å²) in [5, 5.41) is 3.18. The molecule has 0 aliphatic carbocycles. The number of nitrogens with zero attached hydrogens (tertiary/aromatic N) is 2. The summed E-state index contributed by atoms with van der Waals surface area (Å²) in [6.07, 6.45) is 5.38. The monoisotopic (exact) mass is 334 g/mol. The third kappa shape index (κ3) is 10.8. The van der Waals surface area contributed by atoms with E-state index in [2.05, 4.69) is 31.1 Å². The summed E-state index contributed by atoms with van der Waals surface area (Å²) in [5.74, 6) is 1.18. The minimum Gasteiger partial charge on any atom is -0.370 e. The first-order chi connectivity index (χ1) is 10.2. The van der Waals surface area contributed by atoms with Crippen molar-refractivity contribution in [3.8, 4) is 0 Å². The van der Waals surface area contributed by atoms with Crippen molar-refractivity contribution in [2.75, 3.05) is 25.9 Å². The highest BCUT2D eigenvalue weighted by molar-refractivity contribution is 7.88. The van der Waals surface area contributed by atoms with E-state index in [0.29, 0.717) is 38.1 Å². The minimum absolute atomic E-state index is 0.311. The lowest BCUT2D eigenvalue weighted by Crippen LogP contribution is -2.38. The van der Waals surface area contributed by atoms with Gasteiger partial charge in [-0.05, 0) is 25.7 Å². The molecular formula is C15H34N4O2S. The van der Waals surface area contributed by atoms with Crippen LogP contribution in [0.5, 0.6) is 0 Å². The number of sulfonamides is 1. The van der Waals surface area contributed by atoms with E-state index in [4.69, 9.17) is 5.73 Å². The van der Waals surface area contributed by atoms with Crippen LogP contribution in [0.4, 0.5) is 0 Å². The first-order valence-corrected chi connectivity index (χ1v) is 10.0. The predicted molar refractivity (Wildman–Crippen MR) is 94.5 cm³/mol. The summed E-state index contributed by atoms with van der Waals surface area (Å²) in [6, 6.07) is 0.311. The number of nitrogens with two attached hydrogens (primary N) is 1. The lowest BCUT2D eigenvalue weighted by molar-refractivity contribution is 0.427. The van der Waals surface area contributed by atoms with Gasteiger partial charge in [-0.3, -0.25) is 4.99 Å². The van der Waals surface area contributed by atoms with Gasteiger partial charge in [0.1, 0.15) is 0 Å². The average Bonchev–Trinajstić information content (AvgIpc) is 2.36. The standard InChI is InChI=1S/C15H34N4O2S/c1-6-19(22(5,20)21)12-8-11-17-15(16)18-14(4)10-7-9-13(2)3/h13-14H,6-12H2,1-5H3,(H3,16,17,18). The van der Waals surface area contributed by atoms with Crippen molar-refractivity contribution in [3.05, 3.63) is 0 Å². The van der Waals surface area contributed by atoms with Gasteiger partial charge in [0.25, 0.3) is 0 Å². The van der Waals surface area contributed by atoms with Crippen molar-refractivity contribution in [3.63, 3.8) is 0 Å². The van der Waals surface area contributed by atoms with Crippen LogP contribution in [0, 0.1) is 5.92 Å². The van der Waals surface area contributed by atoms with Crippen LogP contribution in [-0.2, 0) is 10.0 Å². The van der Waals surface area contributed by atoms with Gasteiger partial charge in [-0.1, -0.05) is 33.6 Å². The Balaban J connectivity index is 3.98. The normalized spacial score (nSPS) is 14.6. The Labute approximate surface area is 136 Å². The third-order valence-corrected chi connectivity index (χ3v) is 4.86. The Kier molecular flexibility index (Phi) is 10.4.